The van der Waals surface area contributed by atoms with Crippen LogP contribution in [0.2, 0.25) is 0 Å². The molecule has 0 spiro atoms. The first-order chi connectivity index (χ1) is 15.6. The van der Waals surface area contributed by atoms with Gasteiger partial charge < -0.3 is 15.4 Å². The number of benzene rings is 1. The predicted octanol–water partition coefficient (Wildman–Crippen LogP) is 1.64. The molecular formula is C23H33N5O4S. The number of hydrogen-bond donors (Lipinski definition) is 3. The molecule has 1 aromatic carbocycles. The average molecular weight is 476 g/mol. The highest BCUT2D eigenvalue weighted by molar-refractivity contribution is 7.92. The summed E-state index contributed by atoms with van der Waals surface area (Å²) < 4.78 is 30.3. The molecule has 0 aromatic heterocycles. The molecule has 3 heterocycles. The normalized spacial score (nSPS) is 31.2. The van der Waals surface area contributed by atoms with Crippen molar-refractivity contribution in [2.45, 2.75) is 67.9 Å². The molecule has 10 heteroatoms. The molecule has 180 valence electrons. The second-order valence-corrected chi connectivity index (χ2v) is 12.7. The van der Waals surface area contributed by atoms with Crippen molar-refractivity contribution in [3.63, 3.8) is 0 Å². The number of ether oxygens (including phenoxy) is 1. The Hall–Kier alpha value is -2.19. The fourth-order valence-electron chi connectivity index (χ4n) is 4.91. The maximum Gasteiger partial charge on any atom is 0.228 e. The maximum atomic E-state index is 12.8. The second kappa shape index (κ2) is 9.22. The van der Waals surface area contributed by atoms with E-state index in [-0.39, 0.29) is 40.9 Å². The molecule has 1 amide bonds. The van der Waals surface area contributed by atoms with Crippen molar-refractivity contribution in [2.24, 2.45) is 11.8 Å². The molecule has 4 rings (SSSR count). The molecule has 3 N–H and O–H groups in total. The Balaban J connectivity index is 1.56. The minimum atomic E-state index is -3.44. The summed E-state index contributed by atoms with van der Waals surface area (Å²) in [5.74, 6) is -0.556. The third-order valence-corrected chi connectivity index (χ3v) is 9.34. The first kappa shape index (κ1) is 24.0. The van der Waals surface area contributed by atoms with Gasteiger partial charge in [-0.15, -0.1) is 0 Å². The van der Waals surface area contributed by atoms with Crippen LogP contribution in [-0.4, -0.2) is 62.1 Å². The molecule has 0 aliphatic carbocycles. The van der Waals surface area contributed by atoms with E-state index in [9.17, 15) is 18.5 Å². The standard InChI is InChI=1S/C23H33N5O4S/c1-23(2,3)33(30,31)17-8-6-16(7-9-17)26-21-20-18(10-11-25-22(20)29)28(27-21)19-14-32-12-4-5-15(19)13-24/h6-9,15,18-21,26-27H,4-5,10-12,14H2,1-3H3,(H,25,29)/t15-,18?,19-,20?,21?/m1/s1. The van der Waals surface area contributed by atoms with E-state index in [0.717, 1.165) is 19.3 Å². The van der Waals surface area contributed by atoms with Crippen molar-refractivity contribution in [2.75, 3.05) is 25.1 Å². The number of hydrazine groups is 1. The molecule has 0 radical (unpaired) electrons. The SMILES string of the molecule is CC(C)(C)S(=O)(=O)c1ccc(NC2NN([C@@H]3COCCC[C@@H]3C#N)C3CCNC(=O)C23)cc1. The molecule has 3 aliphatic heterocycles. The summed E-state index contributed by atoms with van der Waals surface area (Å²) in [5, 5.41) is 18.1. The van der Waals surface area contributed by atoms with E-state index in [2.05, 4.69) is 27.1 Å². The number of hydrogen-bond acceptors (Lipinski definition) is 8. The average Bonchev–Trinajstić information content (AvgIpc) is 2.97. The Labute approximate surface area is 195 Å². The van der Waals surface area contributed by atoms with Gasteiger partial charge in [-0.3, -0.25) is 4.79 Å². The summed E-state index contributed by atoms with van der Waals surface area (Å²) in [6.07, 6.45) is 2.01. The lowest BCUT2D eigenvalue weighted by molar-refractivity contribution is -0.128. The molecule has 3 saturated heterocycles. The largest absolute Gasteiger partial charge is 0.380 e. The van der Waals surface area contributed by atoms with Crippen molar-refractivity contribution in [3.8, 4) is 6.07 Å². The Morgan fingerprint density at radius 1 is 1.18 bits per heavy atom. The van der Waals surface area contributed by atoms with Crippen molar-refractivity contribution in [1.29, 1.82) is 5.26 Å². The zero-order valence-corrected chi connectivity index (χ0v) is 20.2. The van der Waals surface area contributed by atoms with Crippen LogP contribution < -0.4 is 16.1 Å². The third-order valence-electron chi connectivity index (χ3n) is 6.83. The van der Waals surface area contributed by atoms with Gasteiger partial charge in [0.1, 0.15) is 6.17 Å². The fraction of sp³-hybridized carbons (Fsp3) is 0.652. The van der Waals surface area contributed by atoms with Crippen LogP contribution in [0.4, 0.5) is 5.69 Å². The number of carbonyl (C=O) groups excluding carboxylic acids is 1. The van der Waals surface area contributed by atoms with Crippen molar-refractivity contribution < 1.29 is 17.9 Å². The molecular weight excluding hydrogens is 442 g/mol. The number of nitrogens with one attached hydrogen (secondary N) is 3. The van der Waals surface area contributed by atoms with Gasteiger partial charge in [0.25, 0.3) is 0 Å². The Kier molecular flexibility index (Phi) is 6.69. The first-order valence-corrected chi connectivity index (χ1v) is 13.0. The highest BCUT2D eigenvalue weighted by atomic mass is 32.2. The molecule has 3 fully saturated rings. The molecule has 3 aliphatic rings. The summed E-state index contributed by atoms with van der Waals surface area (Å²) in [7, 11) is -3.44. The van der Waals surface area contributed by atoms with Gasteiger partial charge >= 0.3 is 0 Å². The monoisotopic (exact) mass is 475 g/mol. The Bertz CT molecular complexity index is 1010. The topological polar surface area (TPSA) is 124 Å². The van der Waals surface area contributed by atoms with Crippen LogP contribution in [-0.2, 0) is 19.4 Å². The highest BCUT2D eigenvalue weighted by Gasteiger charge is 2.51. The summed E-state index contributed by atoms with van der Waals surface area (Å²) >= 11 is 0. The minimum Gasteiger partial charge on any atom is -0.380 e. The fourth-order valence-corrected chi connectivity index (χ4v) is 6.11. The number of sulfone groups is 1. The summed E-state index contributed by atoms with van der Waals surface area (Å²) in [4.78, 5) is 13.1. The predicted molar refractivity (Wildman–Crippen MR) is 124 cm³/mol. The molecule has 3 unspecified atom stereocenters. The van der Waals surface area contributed by atoms with E-state index in [4.69, 9.17) is 4.74 Å². The molecule has 33 heavy (non-hydrogen) atoms. The molecule has 0 bridgehead atoms. The number of nitriles is 1. The molecule has 5 atom stereocenters. The van der Waals surface area contributed by atoms with Crippen LogP contribution in [0.1, 0.15) is 40.0 Å². The maximum absolute atomic E-state index is 12.8. The van der Waals surface area contributed by atoms with Crippen LogP contribution in [0.3, 0.4) is 0 Å². The smallest absolute Gasteiger partial charge is 0.228 e. The van der Waals surface area contributed by atoms with Gasteiger partial charge in [-0.05, 0) is 64.3 Å². The second-order valence-electron chi connectivity index (χ2n) is 9.99. The Morgan fingerprint density at radius 2 is 1.91 bits per heavy atom. The van der Waals surface area contributed by atoms with E-state index in [1.165, 1.54) is 0 Å². The van der Waals surface area contributed by atoms with Gasteiger partial charge in [0.2, 0.25) is 5.91 Å². The number of carbonyl (C=O) groups is 1. The quantitative estimate of drug-likeness (QED) is 0.601. The van der Waals surface area contributed by atoms with Crippen LogP contribution in [0.5, 0.6) is 0 Å². The number of rotatable bonds is 4. The number of anilines is 1. The van der Waals surface area contributed by atoms with Gasteiger partial charge in [0.15, 0.2) is 9.84 Å². The molecule has 1 aromatic rings. The number of amides is 1. The number of piperidine rings is 1. The van der Waals surface area contributed by atoms with Gasteiger partial charge in [-0.1, -0.05) is 0 Å². The lowest BCUT2D eigenvalue weighted by Crippen LogP contribution is -2.54. The van der Waals surface area contributed by atoms with Crippen molar-refractivity contribution in [3.05, 3.63) is 24.3 Å². The summed E-state index contributed by atoms with van der Waals surface area (Å²) in [6, 6.07) is 8.89. The molecule has 0 saturated carbocycles. The summed E-state index contributed by atoms with van der Waals surface area (Å²) in [5.41, 5.74) is 4.17. The van der Waals surface area contributed by atoms with E-state index in [1.54, 1.807) is 45.0 Å². The summed E-state index contributed by atoms with van der Waals surface area (Å²) in [6.45, 7) is 6.72. The number of nitrogens with zero attached hydrogens (tertiary/aromatic N) is 2. The van der Waals surface area contributed by atoms with Crippen LogP contribution in [0.25, 0.3) is 0 Å². The third kappa shape index (κ3) is 4.60. The zero-order chi connectivity index (χ0) is 23.8. The van der Waals surface area contributed by atoms with Gasteiger partial charge in [-0.25, -0.2) is 18.9 Å². The van der Waals surface area contributed by atoms with Gasteiger partial charge in [0, 0.05) is 24.9 Å². The van der Waals surface area contributed by atoms with E-state index in [1.807, 2.05) is 0 Å². The van der Waals surface area contributed by atoms with Crippen LogP contribution in [0.15, 0.2) is 29.2 Å². The zero-order valence-electron chi connectivity index (χ0n) is 19.4. The van der Waals surface area contributed by atoms with E-state index in [0.29, 0.717) is 25.4 Å². The Morgan fingerprint density at radius 3 is 2.58 bits per heavy atom. The van der Waals surface area contributed by atoms with E-state index >= 15 is 0 Å². The lowest BCUT2D eigenvalue weighted by atomic mass is 9.89. The highest BCUT2D eigenvalue weighted by Crippen LogP contribution is 2.34. The number of fused-ring (bicyclic) bond motifs is 1. The van der Waals surface area contributed by atoms with Gasteiger partial charge in [-0.2, -0.15) is 5.26 Å². The van der Waals surface area contributed by atoms with Crippen LogP contribution in [0, 0.1) is 23.2 Å². The molecule has 9 nitrogen and oxygen atoms in total. The first-order valence-electron chi connectivity index (χ1n) is 11.5. The minimum absolute atomic E-state index is 0.0336. The lowest BCUT2D eigenvalue weighted by Gasteiger charge is -2.36. The van der Waals surface area contributed by atoms with Crippen molar-refractivity contribution >= 4 is 21.4 Å². The van der Waals surface area contributed by atoms with Crippen LogP contribution >= 0.6 is 0 Å². The van der Waals surface area contributed by atoms with Gasteiger partial charge in [0.05, 0.1) is 40.2 Å². The van der Waals surface area contributed by atoms with Crippen molar-refractivity contribution in [1.82, 2.24) is 15.8 Å². The van der Waals surface area contributed by atoms with E-state index < -0.39 is 14.6 Å².